The SMILES string of the molecule is O=S(=O)(Nc1nccs1)c1cn(Cc2ccccc2)nc1-c1cccs1. The summed E-state index contributed by atoms with van der Waals surface area (Å²) in [6.07, 6.45) is 3.12. The van der Waals surface area contributed by atoms with E-state index in [1.165, 1.54) is 22.7 Å². The Kier molecular flexibility index (Phi) is 4.58. The van der Waals surface area contributed by atoms with Crippen LogP contribution in [0.4, 0.5) is 5.13 Å². The van der Waals surface area contributed by atoms with Gasteiger partial charge in [0.15, 0.2) is 5.13 Å². The molecule has 26 heavy (non-hydrogen) atoms. The monoisotopic (exact) mass is 402 g/mol. The van der Waals surface area contributed by atoms with Gasteiger partial charge in [0.25, 0.3) is 10.0 Å². The summed E-state index contributed by atoms with van der Waals surface area (Å²) in [5, 5.41) is 8.48. The van der Waals surface area contributed by atoms with Crippen molar-refractivity contribution in [3.8, 4) is 10.6 Å². The van der Waals surface area contributed by atoms with Crippen LogP contribution in [0.3, 0.4) is 0 Å². The molecule has 0 saturated heterocycles. The van der Waals surface area contributed by atoms with E-state index in [2.05, 4.69) is 14.8 Å². The van der Waals surface area contributed by atoms with Gasteiger partial charge in [-0.05, 0) is 17.0 Å². The molecule has 0 unspecified atom stereocenters. The maximum Gasteiger partial charge on any atom is 0.267 e. The summed E-state index contributed by atoms with van der Waals surface area (Å²) in [7, 11) is -3.79. The van der Waals surface area contributed by atoms with Crippen molar-refractivity contribution in [1.82, 2.24) is 14.8 Å². The molecule has 0 saturated carbocycles. The average molecular weight is 403 g/mol. The van der Waals surface area contributed by atoms with Gasteiger partial charge in [0.05, 0.1) is 11.4 Å². The fourth-order valence-corrected chi connectivity index (χ4v) is 5.22. The number of hydrogen-bond donors (Lipinski definition) is 1. The minimum absolute atomic E-state index is 0.145. The van der Waals surface area contributed by atoms with E-state index in [1.807, 2.05) is 47.8 Å². The lowest BCUT2D eigenvalue weighted by Gasteiger charge is -2.04. The summed E-state index contributed by atoms with van der Waals surface area (Å²) < 4.78 is 30.0. The molecule has 0 bridgehead atoms. The van der Waals surface area contributed by atoms with Crippen LogP contribution < -0.4 is 4.72 Å². The maximum absolute atomic E-state index is 12.9. The van der Waals surface area contributed by atoms with Crippen LogP contribution in [0.2, 0.25) is 0 Å². The molecule has 4 aromatic rings. The van der Waals surface area contributed by atoms with Crippen LogP contribution in [0.25, 0.3) is 10.6 Å². The van der Waals surface area contributed by atoms with Crippen molar-refractivity contribution in [1.29, 1.82) is 0 Å². The number of nitrogens with one attached hydrogen (secondary N) is 1. The first-order valence-corrected chi connectivity index (χ1v) is 10.9. The maximum atomic E-state index is 12.9. The predicted octanol–water partition coefficient (Wildman–Crippen LogP) is 3.92. The summed E-state index contributed by atoms with van der Waals surface area (Å²) in [5.41, 5.74) is 1.49. The number of aromatic nitrogens is 3. The van der Waals surface area contributed by atoms with Crippen LogP contribution in [0.15, 0.2) is 70.5 Å². The Morgan fingerprint density at radius 3 is 2.58 bits per heavy atom. The van der Waals surface area contributed by atoms with Gasteiger partial charge in [-0.3, -0.25) is 9.40 Å². The Balaban J connectivity index is 1.74. The van der Waals surface area contributed by atoms with Gasteiger partial charge >= 0.3 is 0 Å². The zero-order valence-corrected chi connectivity index (χ0v) is 15.9. The Hall–Kier alpha value is -2.49. The van der Waals surface area contributed by atoms with Crippen LogP contribution >= 0.6 is 22.7 Å². The summed E-state index contributed by atoms with van der Waals surface area (Å²) >= 11 is 2.68. The van der Waals surface area contributed by atoms with Gasteiger partial charge in [-0.25, -0.2) is 13.4 Å². The standard InChI is InChI=1S/C17H14N4O2S3/c22-26(23,20-17-18-8-10-25-17)15-12-21(11-13-5-2-1-3-6-13)19-16(15)14-7-4-9-24-14/h1-10,12H,11H2,(H,18,20). The molecule has 1 N–H and O–H groups in total. The quantitative estimate of drug-likeness (QED) is 0.530. The molecule has 132 valence electrons. The van der Waals surface area contributed by atoms with Crippen molar-refractivity contribution in [2.24, 2.45) is 0 Å². The molecule has 0 aliphatic heterocycles. The van der Waals surface area contributed by atoms with Gasteiger partial charge in [-0.1, -0.05) is 36.4 Å². The molecule has 1 aromatic carbocycles. The van der Waals surface area contributed by atoms with E-state index in [-0.39, 0.29) is 4.90 Å². The minimum atomic E-state index is -3.79. The van der Waals surface area contributed by atoms with Crippen LogP contribution in [0, 0.1) is 0 Å². The fraction of sp³-hybridized carbons (Fsp3) is 0.0588. The molecule has 0 spiro atoms. The van der Waals surface area contributed by atoms with Gasteiger partial charge in [-0.2, -0.15) is 5.10 Å². The van der Waals surface area contributed by atoms with E-state index >= 15 is 0 Å². The highest BCUT2D eigenvalue weighted by Gasteiger charge is 2.25. The van der Waals surface area contributed by atoms with Gasteiger partial charge in [0.2, 0.25) is 0 Å². The molecule has 0 atom stereocenters. The van der Waals surface area contributed by atoms with Crippen LogP contribution in [-0.2, 0) is 16.6 Å². The summed E-state index contributed by atoms with van der Waals surface area (Å²) in [5.74, 6) is 0. The highest BCUT2D eigenvalue weighted by Crippen LogP contribution is 2.31. The molecule has 3 heterocycles. The number of anilines is 1. The first-order valence-electron chi connectivity index (χ1n) is 7.69. The summed E-state index contributed by atoms with van der Waals surface area (Å²) in [6, 6.07) is 13.5. The van der Waals surface area contributed by atoms with E-state index in [0.29, 0.717) is 17.4 Å². The van der Waals surface area contributed by atoms with Crippen LogP contribution in [0.5, 0.6) is 0 Å². The van der Waals surface area contributed by atoms with E-state index in [0.717, 1.165) is 10.4 Å². The fourth-order valence-electron chi connectivity index (χ4n) is 2.48. The Morgan fingerprint density at radius 2 is 1.88 bits per heavy atom. The van der Waals surface area contributed by atoms with Crippen molar-refractivity contribution >= 4 is 37.8 Å². The lowest BCUT2D eigenvalue weighted by atomic mass is 10.2. The Morgan fingerprint density at radius 1 is 1.04 bits per heavy atom. The van der Waals surface area contributed by atoms with Crippen molar-refractivity contribution in [3.05, 3.63) is 71.2 Å². The molecule has 0 aliphatic rings. The van der Waals surface area contributed by atoms with E-state index in [1.54, 1.807) is 22.5 Å². The molecule has 0 fully saturated rings. The molecule has 3 aromatic heterocycles. The van der Waals surface area contributed by atoms with Crippen molar-refractivity contribution in [2.75, 3.05) is 4.72 Å². The van der Waals surface area contributed by atoms with Gasteiger partial charge < -0.3 is 0 Å². The average Bonchev–Trinajstić information content (AvgIpc) is 3.36. The summed E-state index contributed by atoms with van der Waals surface area (Å²) in [6.45, 7) is 0.492. The molecule has 0 radical (unpaired) electrons. The summed E-state index contributed by atoms with van der Waals surface area (Å²) in [4.78, 5) is 4.94. The second-order valence-electron chi connectivity index (χ2n) is 5.45. The number of sulfonamides is 1. The van der Waals surface area contributed by atoms with Crippen LogP contribution in [-0.4, -0.2) is 23.2 Å². The molecule has 9 heteroatoms. The molecular weight excluding hydrogens is 388 g/mol. The van der Waals surface area contributed by atoms with E-state index in [4.69, 9.17) is 0 Å². The first kappa shape index (κ1) is 17.0. The zero-order valence-electron chi connectivity index (χ0n) is 13.4. The van der Waals surface area contributed by atoms with Crippen molar-refractivity contribution < 1.29 is 8.42 Å². The topological polar surface area (TPSA) is 76.9 Å². The second kappa shape index (κ2) is 7.02. The molecule has 0 amide bonds. The third kappa shape index (κ3) is 3.55. The van der Waals surface area contributed by atoms with Gasteiger partial charge in [0, 0.05) is 17.8 Å². The lowest BCUT2D eigenvalue weighted by molar-refractivity contribution is 0.601. The third-order valence-corrected chi connectivity index (χ3v) is 6.65. The lowest BCUT2D eigenvalue weighted by Crippen LogP contribution is -2.13. The zero-order chi connectivity index (χ0) is 18.0. The van der Waals surface area contributed by atoms with Crippen LogP contribution in [0.1, 0.15) is 5.56 Å². The number of nitrogens with zero attached hydrogens (tertiary/aromatic N) is 3. The van der Waals surface area contributed by atoms with Crippen molar-refractivity contribution in [2.45, 2.75) is 11.4 Å². The number of hydrogen-bond acceptors (Lipinski definition) is 6. The first-order chi connectivity index (χ1) is 12.6. The minimum Gasteiger partial charge on any atom is -0.266 e. The smallest absolute Gasteiger partial charge is 0.266 e. The normalized spacial score (nSPS) is 11.5. The van der Waals surface area contributed by atoms with E-state index < -0.39 is 10.0 Å². The molecular formula is C17H14N4O2S3. The molecule has 4 rings (SSSR count). The highest BCUT2D eigenvalue weighted by molar-refractivity contribution is 7.93. The number of benzene rings is 1. The van der Waals surface area contributed by atoms with Gasteiger partial charge in [0.1, 0.15) is 10.6 Å². The van der Waals surface area contributed by atoms with Crippen molar-refractivity contribution in [3.63, 3.8) is 0 Å². The molecule has 6 nitrogen and oxygen atoms in total. The second-order valence-corrected chi connectivity index (χ2v) is 8.94. The van der Waals surface area contributed by atoms with Gasteiger partial charge in [-0.15, -0.1) is 22.7 Å². The number of thiophene rings is 1. The highest BCUT2D eigenvalue weighted by atomic mass is 32.2. The molecule has 0 aliphatic carbocycles. The van der Waals surface area contributed by atoms with E-state index in [9.17, 15) is 8.42 Å². The Labute approximate surface area is 158 Å². The largest absolute Gasteiger partial charge is 0.267 e. The third-order valence-electron chi connectivity index (χ3n) is 3.61. The Bertz CT molecular complexity index is 1090. The number of thiazole rings is 1. The number of rotatable bonds is 6. The predicted molar refractivity (Wildman–Crippen MR) is 104 cm³/mol.